The van der Waals surface area contributed by atoms with Gasteiger partial charge in [-0.25, -0.2) is 9.37 Å². The van der Waals surface area contributed by atoms with Gasteiger partial charge in [0.25, 0.3) is 5.91 Å². The summed E-state index contributed by atoms with van der Waals surface area (Å²) in [6.07, 6.45) is 5.53. The monoisotopic (exact) mass is 446 g/mol. The molecule has 1 aliphatic heterocycles. The van der Waals surface area contributed by atoms with Crippen LogP contribution in [0.2, 0.25) is 0 Å². The summed E-state index contributed by atoms with van der Waals surface area (Å²) >= 11 is 0. The minimum absolute atomic E-state index is 0.0113. The average Bonchev–Trinajstić information content (AvgIpc) is 3.19. The van der Waals surface area contributed by atoms with Crippen molar-refractivity contribution in [1.82, 2.24) is 19.4 Å². The predicted molar refractivity (Wildman–Crippen MR) is 125 cm³/mol. The van der Waals surface area contributed by atoms with Gasteiger partial charge in [-0.05, 0) is 35.2 Å². The highest BCUT2D eigenvalue weighted by Gasteiger charge is 2.33. The highest BCUT2D eigenvalue weighted by Crippen LogP contribution is 2.24. The first kappa shape index (κ1) is 22.5. The van der Waals surface area contributed by atoms with Gasteiger partial charge in [-0.3, -0.25) is 9.59 Å². The number of benzene rings is 2. The Kier molecular flexibility index (Phi) is 6.68. The lowest BCUT2D eigenvalue weighted by Gasteiger charge is -2.23. The third-order valence-corrected chi connectivity index (χ3v) is 5.98. The highest BCUT2D eigenvalue weighted by atomic mass is 19.1. The van der Waals surface area contributed by atoms with Crippen molar-refractivity contribution in [2.45, 2.75) is 6.42 Å². The molecule has 0 bridgehead atoms. The molecule has 33 heavy (non-hydrogen) atoms. The van der Waals surface area contributed by atoms with Crippen molar-refractivity contribution in [3.63, 3.8) is 0 Å². The van der Waals surface area contributed by atoms with Gasteiger partial charge in [0.2, 0.25) is 5.91 Å². The van der Waals surface area contributed by atoms with E-state index in [1.54, 1.807) is 52.0 Å². The summed E-state index contributed by atoms with van der Waals surface area (Å²) in [5.41, 5.74) is 2.85. The number of nitrogens with zero attached hydrogens (tertiary/aromatic N) is 4. The van der Waals surface area contributed by atoms with Gasteiger partial charge in [-0.15, -0.1) is 6.58 Å². The Morgan fingerprint density at radius 3 is 2.67 bits per heavy atom. The standard InChI is InChI=1S/C26H27FN4O2/c1-3-12-30-14-15-31(26(33)24-28-11-13-29(24)2)18-22(25(30)32)17-19-5-4-6-21(16-19)20-7-9-23(27)10-8-20/h3-11,13,16,22H,1,12,14-15,17-18H2,2H3. The van der Waals surface area contributed by atoms with Crippen molar-refractivity contribution < 1.29 is 14.0 Å². The number of carbonyl (C=O) groups excluding carboxylic acids is 2. The lowest BCUT2D eigenvalue weighted by atomic mass is 9.94. The molecule has 170 valence electrons. The van der Waals surface area contributed by atoms with Crippen molar-refractivity contribution >= 4 is 11.8 Å². The maximum Gasteiger partial charge on any atom is 0.289 e. The van der Waals surface area contributed by atoms with E-state index in [1.165, 1.54) is 12.1 Å². The number of rotatable bonds is 6. The molecule has 1 saturated heterocycles. The summed E-state index contributed by atoms with van der Waals surface area (Å²) in [6.45, 7) is 5.42. The van der Waals surface area contributed by atoms with Crippen molar-refractivity contribution in [3.8, 4) is 11.1 Å². The number of hydrogen-bond acceptors (Lipinski definition) is 3. The van der Waals surface area contributed by atoms with E-state index in [0.717, 1.165) is 16.7 Å². The highest BCUT2D eigenvalue weighted by molar-refractivity contribution is 5.91. The van der Waals surface area contributed by atoms with E-state index in [0.29, 0.717) is 38.4 Å². The van der Waals surface area contributed by atoms with E-state index in [1.807, 2.05) is 24.3 Å². The summed E-state index contributed by atoms with van der Waals surface area (Å²) in [4.78, 5) is 34.1. The van der Waals surface area contributed by atoms with Gasteiger partial charge in [0.15, 0.2) is 5.82 Å². The molecule has 0 N–H and O–H groups in total. The van der Waals surface area contributed by atoms with E-state index in [-0.39, 0.29) is 23.5 Å². The predicted octanol–water partition coefficient (Wildman–Crippen LogP) is 3.56. The maximum absolute atomic E-state index is 13.3. The number of imidazole rings is 1. The first-order chi connectivity index (χ1) is 16.0. The molecule has 2 heterocycles. The summed E-state index contributed by atoms with van der Waals surface area (Å²) in [6, 6.07) is 14.3. The fraction of sp³-hybridized carbons (Fsp3) is 0.269. The molecule has 0 aliphatic carbocycles. The normalized spacial score (nSPS) is 16.5. The van der Waals surface area contributed by atoms with E-state index < -0.39 is 0 Å². The van der Waals surface area contributed by atoms with Gasteiger partial charge in [0, 0.05) is 45.6 Å². The first-order valence-electron chi connectivity index (χ1n) is 11.0. The van der Waals surface area contributed by atoms with E-state index in [9.17, 15) is 14.0 Å². The number of halogens is 1. The Morgan fingerprint density at radius 2 is 1.97 bits per heavy atom. The molecule has 3 aromatic rings. The number of aryl methyl sites for hydroxylation is 1. The SMILES string of the molecule is C=CCN1CCN(C(=O)c2nccn2C)CC(Cc2cccc(-c3ccc(F)cc3)c2)C1=O. The van der Waals surface area contributed by atoms with Gasteiger partial charge in [-0.1, -0.05) is 42.5 Å². The lowest BCUT2D eigenvalue weighted by Crippen LogP contribution is -2.38. The summed E-state index contributed by atoms with van der Waals surface area (Å²) in [7, 11) is 1.78. The topological polar surface area (TPSA) is 58.4 Å². The van der Waals surface area contributed by atoms with Crippen molar-refractivity contribution in [3.05, 3.63) is 90.8 Å². The second-order valence-electron chi connectivity index (χ2n) is 8.29. The Labute approximate surface area is 193 Å². The number of amides is 2. The molecule has 0 radical (unpaired) electrons. The van der Waals surface area contributed by atoms with Crippen LogP contribution < -0.4 is 0 Å². The van der Waals surface area contributed by atoms with Crippen molar-refractivity contribution in [2.75, 3.05) is 26.2 Å². The maximum atomic E-state index is 13.3. The van der Waals surface area contributed by atoms with Crippen LogP contribution in [0.4, 0.5) is 4.39 Å². The quantitative estimate of drug-likeness (QED) is 0.544. The number of aromatic nitrogens is 2. The third-order valence-electron chi connectivity index (χ3n) is 5.98. The molecule has 2 amide bonds. The second kappa shape index (κ2) is 9.81. The minimum atomic E-state index is -0.389. The van der Waals surface area contributed by atoms with E-state index in [2.05, 4.69) is 11.6 Å². The zero-order valence-electron chi connectivity index (χ0n) is 18.7. The van der Waals surface area contributed by atoms with Gasteiger partial charge >= 0.3 is 0 Å². The summed E-state index contributed by atoms with van der Waals surface area (Å²) in [5, 5.41) is 0. The minimum Gasteiger partial charge on any atom is -0.337 e. The molecule has 1 aliphatic rings. The molecule has 1 fully saturated rings. The molecule has 7 heteroatoms. The fourth-order valence-electron chi connectivity index (χ4n) is 4.24. The number of hydrogen-bond donors (Lipinski definition) is 0. The Bertz CT molecular complexity index is 1160. The number of carbonyl (C=O) groups is 2. The van der Waals surface area contributed by atoms with Crippen LogP contribution in [0.5, 0.6) is 0 Å². The van der Waals surface area contributed by atoms with E-state index in [4.69, 9.17) is 0 Å². The van der Waals surface area contributed by atoms with Crippen LogP contribution in [0.25, 0.3) is 11.1 Å². The van der Waals surface area contributed by atoms with Crippen LogP contribution in [0.1, 0.15) is 16.2 Å². The Hall–Kier alpha value is -3.74. The van der Waals surface area contributed by atoms with Crippen LogP contribution >= 0.6 is 0 Å². The molecule has 4 rings (SSSR count). The Morgan fingerprint density at radius 1 is 1.18 bits per heavy atom. The molecular formula is C26H27FN4O2. The zero-order chi connectivity index (χ0) is 23.4. The van der Waals surface area contributed by atoms with Crippen molar-refractivity contribution in [1.29, 1.82) is 0 Å². The third kappa shape index (κ3) is 5.03. The van der Waals surface area contributed by atoms with Crippen LogP contribution in [0.15, 0.2) is 73.6 Å². The van der Waals surface area contributed by atoms with Gasteiger partial charge in [-0.2, -0.15) is 0 Å². The lowest BCUT2D eigenvalue weighted by molar-refractivity contribution is -0.134. The van der Waals surface area contributed by atoms with Gasteiger partial charge in [0.1, 0.15) is 5.82 Å². The Balaban J connectivity index is 1.59. The van der Waals surface area contributed by atoms with Crippen molar-refractivity contribution in [2.24, 2.45) is 13.0 Å². The molecule has 1 aromatic heterocycles. The molecular weight excluding hydrogens is 419 g/mol. The van der Waals surface area contributed by atoms with Crippen LogP contribution in [0, 0.1) is 11.7 Å². The summed E-state index contributed by atoms with van der Waals surface area (Å²) in [5.74, 6) is -0.478. The molecule has 6 nitrogen and oxygen atoms in total. The van der Waals surface area contributed by atoms with Crippen LogP contribution in [0.3, 0.4) is 0 Å². The molecule has 1 unspecified atom stereocenters. The second-order valence-corrected chi connectivity index (χ2v) is 8.29. The summed E-state index contributed by atoms with van der Waals surface area (Å²) < 4.78 is 15.0. The van der Waals surface area contributed by atoms with E-state index >= 15 is 0 Å². The first-order valence-corrected chi connectivity index (χ1v) is 11.0. The molecule has 1 atom stereocenters. The van der Waals surface area contributed by atoms with Gasteiger partial charge in [0.05, 0.1) is 5.92 Å². The van der Waals surface area contributed by atoms with Crippen LogP contribution in [-0.2, 0) is 18.3 Å². The molecule has 0 spiro atoms. The largest absolute Gasteiger partial charge is 0.337 e. The smallest absolute Gasteiger partial charge is 0.289 e. The fourth-order valence-corrected chi connectivity index (χ4v) is 4.24. The average molecular weight is 447 g/mol. The van der Waals surface area contributed by atoms with Crippen LogP contribution in [-0.4, -0.2) is 57.3 Å². The molecule has 0 saturated carbocycles. The molecule has 2 aromatic carbocycles. The van der Waals surface area contributed by atoms with Gasteiger partial charge < -0.3 is 14.4 Å². The zero-order valence-corrected chi connectivity index (χ0v) is 18.7.